The van der Waals surface area contributed by atoms with E-state index in [0.29, 0.717) is 45.1 Å². The first kappa shape index (κ1) is 22.0. The molecule has 0 spiro atoms. The van der Waals surface area contributed by atoms with Crippen molar-refractivity contribution in [1.29, 1.82) is 0 Å². The minimum atomic E-state index is 0.0797. The molecule has 2 N–H and O–H groups in total. The number of H-pyrrole nitrogens is 1. The lowest BCUT2D eigenvalue weighted by molar-refractivity contribution is -0.122. The Hall–Kier alpha value is -3.23. The van der Waals surface area contributed by atoms with E-state index in [1.54, 1.807) is 0 Å². The van der Waals surface area contributed by atoms with Gasteiger partial charge in [0.25, 0.3) is 0 Å². The molecule has 2 amide bonds. The number of likely N-dealkylation sites (tertiary alicyclic amines) is 1. The summed E-state index contributed by atoms with van der Waals surface area (Å²) in [5, 5.41) is 4.77. The molecule has 5 heterocycles. The van der Waals surface area contributed by atoms with Gasteiger partial charge < -0.3 is 24.8 Å². The van der Waals surface area contributed by atoms with E-state index in [2.05, 4.69) is 40.4 Å². The largest absolute Gasteiger partial charge is 0.378 e. The van der Waals surface area contributed by atoms with E-state index >= 15 is 0 Å². The van der Waals surface area contributed by atoms with Crippen LogP contribution in [0.4, 0.5) is 4.79 Å². The molecule has 4 aliphatic rings. The van der Waals surface area contributed by atoms with Crippen LogP contribution < -0.4 is 5.32 Å². The molecule has 2 saturated heterocycles. The van der Waals surface area contributed by atoms with Crippen LogP contribution in [0.3, 0.4) is 0 Å². The Morgan fingerprint density at radius 2 is 2.08 bits per heavy atom. The predicted octanol–water partition coefficient (Wildman–Crippen LogP) is 3.34. The lowest BCUT2D eigenvalue weighted by Gasteiger charge is -2.37. The first-order valence-corrected chi connectivity index (χ1v) is 13.1. The van der Waals surface area contributed by atoms with E-state index < -0.39 is 0 Å². The Balaban J connectivity index is 1.24. The highest BCUT2D eigenvalue weighted by Crippen LogP contribution is 2.42. The number of nitrogens with one attached hydrogen (secondary N) is 2. The molecule has 2 aromatic heterocycles. The summed E-state index contributed by atoms with van der Waals surface area (Å²) in [4.78, 5) is 37.3. The van der Waals surface area contributed by atoms with Gasteiger partial charge in [0.05, 0.1) is 19.3 Å². The van der Waals surface area contributed by atoms with Crippen molar-refractivity contribution in [2.45, 2.75) is 44.8 Å². The van der Waals surface area contributed by atoms with E-state index in [1.807, 2.05) is 22.2 Å². The molecule has 186 valence electrons. The number of aromatic amines is 1. The lowest BCUT2D eigenvalue weighted by atomic mass is 9.87. The lowest BCUT2D eigenvalue weighted by Crippen LogP contribution is -2.49. The molecule has 0 bridgehead atoms. The van der Waals surface area contributed by atoms with Crippen LogP contribution in [-0.2, 0) is 22.5 Å². The number of morpholine rings is 1. The number of ether oxygens (including phenoxy) is 1. The molecule has 1 aromatic carbocycles. The Kier molecular flexibility index (Phi) is 5.15. The number of urea groups is 1. The highest BCUT2D eigenvalue weighted by molar-refractivity contribution is 5.89. The van der Waals surface area contributed by atoms with Crippen molar-refractivity contribution in [3.8, 4) is 11.1 Å². The molecule has 1 aliphatic carbocycles. The number of ketones is 1. The van der Waals surface area contributed by atoms with Crippen molar-refractivity contribution in [2.24, 2.45) is 5.92 Å². The number of hydrogen-bond donors (Lipinski definition) is 2. The summed E-state index contributed by atoms with van der Waals surface area (Å²) in [7, 11) is 0. The van der Waals surface area contributed by atoms with Gasteiger partial charge in [0.2, 0.25) is 0 Å². The Bertz CT molecular complexity index is 1380. The van der Waals surface area contributed by atoms with Gasteiger partial charge in [-0.1, -0.05) is 6.07 Å². The zero-order valence-electron chi connectivity index (χ0n) is 20.5. The number of pyridine rings is 1. The zero-order chi connectivity index (χ0) is 24.4. The van der Waals surface area contributed by atoms with Crippen LogP contribution in [0.25, 0.3) is 22.2 Å². The van der Waals surface area contributed by atoms with Crippen molar-refractivity contribution in [1.82, 2.24) is 25.1 Å². The Morgan fingerprint density at radius 1 is 1.17 bits per heavy atom. The number of amides is 2. The van der Waals surface area contributed by atoms with Crippen LogP contribution in [0.15, 0.2) is 30.6 Å². The average Bonchev–Trinajstić information content (AvgIpc) is 3.65. The van der Waals surface area contributed by atoms with Crippen LogP contribution >= 0.6 is 0 Å². The topological polar surface area (TPSA) is 90.6 Å². The first-order chi connectivity index (χ1) is 17.6. The van der Waals surface area contributed by atoms with Gasteiger partial charge in [-0.25, -0.2) is 9.78 Å². The number of benzene rings is 1. The number of Topliss-reactive ketones (excluding diaryl/α,β-unsaturated/α-hetero) is 1. The number of rotatable bonds is 2. The van der Waals surface area contributed by atoms with Gasteiger partial charge in [0.1, 0.15) is 11.4 Å². The predicted molar refractivity (Wildman–Crippen MR) is 136 cm³/mol. The fraction of sp³-hybridized carbons (Fsp3) is 0.464. The molecule has 3 aromatic rings. The molecule has 8 heteroatoms. The van der Waals surface area contributed by atoms with Gasteiger partial charge in [-0.15, -0.1) is 0 Å². The third kappa shape index (κ3) is 3.62. The molecule has 36 heavy (non-hydrogen) atoms. The van der Waals surface area contributed by atoms with Gasteiger partial charge in [-0.2, -0.15) is 0 Å². The molecular weight excluding hydrogens is 454 g/mol. The molecule has 2 unspecified atom stereocenters. The van der Waals surface area contributed by atoms with E-state index in [1.165, 1.54) is 22.3 Å². The number of carbonyl (C=O) groups is 2. The minimum Gasteiger partial charge on any atom is -0.378 e. The van der Waals surface area contributed by atoms with Crippen molar-refractivity contribution in [2.75, 3.05) is 32.8 Å². The maximum Gasteiger partial charge on any atom is 0.320 e. The minimum absolute atomic E-state index is 0.0797. The molecule has 7 rings (SSSR count). The van der Waals surface area contributed by atoms with Crippen LogP contribution in [-0.4, -0.2) is 70.5 Å². The van der Waals surface area contributed by atoms with Crippen molar-refractivity contribution in [3.63, 3.8) is 0 Å². The second-order valence-corrected chi connectivity index (χ2v) is 10.7. The van der Waals surface area contributed by atoms with Crippen LogP contribution in [0.2, 0.25) is 0 Å². The molecular formula is C28H31N5O3. The number of aromatic nitrogens is 2. The maximum absolute atomic E-state index is 13.5. The number of hydrogen-bond acceptors (Lipinski definition) is 5. The number of aryl methyl sites for hydroxylation is 1. The summed E-state index contributed by atoms with van der Waals surface area (Å²) < 4.78 is 5.84. The van der Waals surface area contributed by atoms with E-state index in [0.717, 1.165) is 41.5 Å². The van der Waals surface area contributed by atoms with Crippen LogP contribution in [0.5, 0.6) is 0 Å². The second-order valence-electron chi connectivity index (χ2n) is 10.7. The highest BCUT2D eigenvalue weighted by atomic mass is 16.5. The van der Waals surface area contributed by atoms with Crippen LogP contribution in [0, 0.1) is 12.8 Å². The Morgan fingerprint density at radius 3 is 2.94 bits per heavy atom. The maximum atomic E-state index is 13.5. The molecule has 0 radical (unpaired) electrons. The molecule has 8 nitrogen and oxygen atoms in total. The fourth-order valence-corrected chi connectivity index (χ4v) is 6.27. The average molecular weight is 486 g/mol. The first-order valence-electron chi connectivity index (χ1n) is 13.1. The number of carbonyl (C=O) groups excluding carboxylic acids is 2. The van der Waals surface area contributed by atoms with Gasteiger partial charge in [-0.3, -0.25) is 4.79 Å². The van der Waals surface area contributed by atoms with E-state index in [-0.39, 0.29) is 24.0 Å². The Labute approximate surface area is 210 Å². The van der Waals surface area contributed by atoms with E-state index in [4.69, 9.17) is 4.74 Å². The zero-order valence-corrected chi connectivity index (χ0v) is 20.5. The number of nitrogens with zero attached hydrogens (tertiary/aromatic N) is 3. The van der Waals surface area contributed by atoms with Crippen molar-refractivity contribution >= 4 is 22.8 Å². The monoisotopic (exact) mass is 485 g/mol. The van der Waals surface area contributed by atoms with Crippen molar-refractivity contribution in [3.05, 3.63) is 52.8 Å². The summed E-state index contributed by atoms with van der Waals surface area (Å²) in [5.41, 5.74) is 8.08. The highest BCUT2D eigenvalue weighted by Gasteiger charge is 2.52. The molecule has 1 saturated carbocycles. The number of piperidine rings is 1. The second kappa shape index (κ2) is 8.42. The summed E-state index contributed by atoms with van der Waals surface area (Å²) in [6, 6.07) is 7.06. The summed E-state index contributed by atoms with van der Waals surface area (Å²) in [6.45, 7) is 6.09. The van der Waals surface area contributed by atoms with Crippen LogP contribution in [0.1, 0.15) is 41.1 Å². The normalized spacial score (nSPS) is 25.6. The molecule has 3 atom stereocenters. The summed E-state index contributed by atoms with van der Waals surface area (Å²) in [6.07, 6.45) is 6.09. The van der Waals surface area contributed by atoms with Gasteiger partial charge in [0, 0.05) is 67.9 Å². The number of fused-ring (bicyclic) bond motifs is 3. The molecule has 3 aliphatic heterocycles. The fourth-order valence-electron chi connectivity index (χ4n) is 6.27. The van der Waals surface area contributed by atoms with Gasteiger partial charge >= 0.3 is 6.03 Å². The molecule has 3 fully saturated rings. The summed E-state index contributed by atoms with van der Waals surface area (Å²) >= 11 is 0. The van der Waals surface area contributed by atoms with Gasteiger partial charge in [0.15, 0.2) is 0 Å². The van der Waals surface area contributed by atoms with E-state index in [9.17, 15) is 9.59 Å². The SMILES string of the molecule is Cc1c[nH]c2ncc(-c3cc4c(c([C@@H]5COCCN5)c3)CN(C(=O)N3CCC(=O)C5CC53)CC4)cc12. The standard InChI is InChI=1S/C28H31N5O3/c1-16-12-30-27-20(16)10-19(13-31-27)18-8-17-2-5-32(28(35)33-6-3-26(34)22-11-25(22)33)14-23(17)21(9-18)24-15-36-7-4-29-24/h8-10,12-13,22,24-25,29H,2-7,11,14-15H2,1H3,(H,30,31)/t22?,24-,25?/m0/s1. The quantitative estimate of drug-likeness (QED) is 0.581. The summed E-state index contributed by atoms with van der Waals surface area (Å²) in [5.74, 6) is 0.407. The van der Waals surface area contributed by atoms with Crippen molar-refractivity contribution < 1.29 is 14.3 Å². The van der Waals surface area contributed by atoms with Gasteiger partial charge in [-0.05, 0) is 59.7 Å². The smallest absolute Gasteiger partial charge is 0.320 e. The third-order valence-electron chi connectivity index (χ3n) is 8.43. The third-order valence-corrected chi connectivity index (χ3v) is 8.43.